The first-order valence-corrected chi connectivity index (χ1v) is 13.6. The minimum Gasteiger partial charge on any atom is -0.489 e. The van der Waals surface area contributed by atoms with Gasteiger partial charge in [0, 0.05) is 16.3 Å². The summed E-state index contributed by atoms with van der Waals surface area (Å²) in [7, 11) is 0. The van der Waals surface area contributed by atoms with E-state index in [2.05, 4.69) is 10.3 Å². The van der Waals surface area contributed by atoms with Crippen molar-refractivity contribution in [1.82, 2.24) is 14.8 Å². The van der Waals surface area contributed by atoms with Crippen LogP contribution in [-0.2, 0) is 22.7 Å². The van der Waals surface area contributed by atoms with Crippen LogP contribution in [0.15, 0.2) is 95.3 Å². The maximum atomic E-state index is 13.5. The van der Waals surface area contributed by atoms with Crippen molar-refractivity contribution in [3.05, 3.63) is 112 Å². The minimum absolute atomic E-state index is 0.172. The van der Waals surface area contributed by atoms with Crippen molar-refractivity contribution in [3.8, 4) is 5.75 Å². The molecule has 1 atom stereocenters. The fourth-order valence-corrected chi connectivity index (χ4v) is 4.99. The van der Waals surface area contributed by atoms with Crippen molar-refractivity contribution >= 4 is 35.3 Å². The van der Waals surface area contributed by atoms with E-state index in [0.717, 1.165) is 22.4 Å². The number of aromatic nitrogens is 3. The Balaban J connectivity index is 1.47. The molecule has 3 aromatic carbocycles. The molecule has 0 saturated heterocycles. The Morgan fingerprint density at radius 3 is 2.63 bits per heavy atom. The number of nitrogens with one attached hydrogen (secondary N) is 1. The standard InChI is InChI=1S/C29H27ClN4O3S/c1-3-38-29-32-28-31-19(2)25(27(35)37-17-20-10-5-4-6-11-20)26(34(28)33-29)21-13-9-14-23(16-21)36-18-22-12-7-8-15-24(22)30/h4-16,26H,3,17-18H2,1-2H3,(H,31,32,33). The summed E-state index contributed by atoms with van der Waals surface area (Å²) < 4.78 is 13.6. The molecule has 0 bridgehead atoms. The Hall–Kier alpha value is -3.75. The first-order chi connectivity index (χ1) is 18.5. The van der Waals surface area contributed by atoms with Gasteiger partial charge in [-0.15, -0.1) is 5.10 Å². The normalized spacial score (nSPS) is 14.6. The van der Waals surface area contributed by atoms with Crippen LogP contribution < -0.4 is 10.1 Å². The summed E-state index contributed by atoms with van der Waals surface area (Å²) in [5.41, 5.74) is 3.77. The fraction of sp³-hybridized carbons (Fsp3) is 0.207. The Labute approximate surface area is 230 Å². The Morgan fingerprint density at radius 1 is 1.05 bits per heavy atom. The van der Waals surface area contributed by atoms with Crippen LogP contribution in [0.3, 0.4) is 0 Å². The van der Waals surface area contributed by atoms with Crippen molar-refractivity contribution in [2.24, 2.45) is 0 Å². The van der Waals surface area contributed by atoms with E-state index >= 15 is 0 Å². The molecule has 0 aliphatic carbocycles. The fourth-order valence-electron chi connectivity index (χ4n) is 4.25. The van der Waals surface area contributed by atoms with Gasteiger partial charge >= 0.3 is 5.97 Å². The Bertz CT molecular complexity index is 1470. The van der Waals surface area contributed by atoms with Crippen molar-refractivity contribution < 1.29 is 14.3 Å². The Morgan fingerprint density at radius 2 is 1.84 bits per heavy atom. The lowest BCUT2D eigenvalue weighted by Gasteiger charge is -2.28. The van der Waals surface area contributed by atoms with Crippen molar-refractivity contribution in [1.29, 1.82) is 0 Å². The van der Waals surface area contributed by atoms with Gasteiger partial charge in [-0.3, -0.25) is 0 Å². The quantitative estimate of drug-likeness (QED) is 0.186. The molecule has 7 nitrogen and oxygen atoms in total. The van der Waals surface area contributed by atoms with Gasteiger partial charge < -0.3 is 14.8 Å². The number of rotatable bonds is 9. The molecule has 38 heavy (non-hydrogen) atoms. The molecule has 0 amide bonds. The van der Waals surface area contributed by atoms with E-state index < -0.39 is 12.0 Å². The average molecular weight is 547 g/mol. The topological polar surface area (TPSA) is 78.3 Å². The van der Waals surface area contributed by atoms with E-state index in [1.165, 1.54) is 11.8 Å². The van der Waals surface area contributed by atoms with Gasteiger partial charge in [0.25, 0.3) is 0 Å². The van der Waals surface area contributed by atoms with Crippen molar-refractivity contribution in [2.45, 2.75) is 38.3 Å². The molecule has 0 spiro atoms. The first kappa shape index (κ1) is 25.9. The van der Waals surface area contributed by atoms with E-state index in [1.807, 2.05) is 92.7 Å². The van der Waals surface area contributed by atoms with Crippen LogP contribution in [0.1, 0.15) is 36.6 Å². The molecule has 1 unspecified atom stereocenters. The number of allylic oxidation sites excluding steroid dienone is 1. The van der Waals surface area contributed by atoms with Crippen LogP contribution in [0.2, 0.25) is 5.02 Å². The zero-order valence-electron chi connectivity index (χ0n) is 21.1. The molecule has 0 radical (unpaired) electrons. The van der Waals surface area contributed by atoms with Crippen LogP contribution in [0, 0.1) is 0 Å². The number of carbonyl (C=O) groups is 1. The highest BCUT2D eigenvalue weighted by Crippen LogP contribution is 2.38. The van der Waals surface area contributed by atoms with Gasteiger partial charge in [-0.2, -0.15) is 4.98 Å². The Kier molecular flexibility index (Phi) is 8.00. The van der Waals surface area contributed by atoms with Crippen LogP contribution in [0.5, 0.6) is 5.75 Å². The number of ether oxygens (including phenoxy) is 2. The van der Waals surface area contributed by atoms with Crippen LogP contribution in [-0.4, -0.2) is 26.5 Å². The number of benzene rings is 3. The third-order valence-corrected chi connectivity index (χ3v) is 7.15. The molecule has 2 heterocycles. The van der Waals surface area contributed by atoms with Gasteiger partial charge in [-0.05, 0) is 42.0 Å². The molecular weight excluding hydrogens is 520 g/mol. The number of nitrogens with zero attached hydrogens (tertiary/aromatic N) is 3. The summed E-state index contributed by atoms with van der Waals surface area (Å²) in [6.07, 6.45) is 0. The summed E-state index contributed by atoms with van der Waals surface area (Å²) in [4.78, 5) is 18.1. The molecule has 5 rings (SSSR count). The molecule has 0 saturated carbocycles. The van der Waals surface area contributed by atoms with Crippen LogP contribution >= 0.6 is 23.4 Å². The van der Waals surface area contributed by atoms with E-state index in [4.69, 9.17) is 26.2 Å². The molecular formula is C29H27ClN4O3S. The zero-order chi connectivity index (χ0) is 26.5. The van der Waals surface area contributed by atoms with E-state index in [9.17, 15) is 4.79 Å². The maximum absolute atomic E-state index is 13.5. The van der Waals surface area contributed by atoms with Crippen molar-refractivity contribution in [2.75, 3.05) is 11.1 Å². The lowest BCUT2D eigenvalue weighted by atomic mass is 9.95. The highest BCUT2D eigenvalue weighted by Gasteiger charge is 2.35. The number of fused-ring (bicyclic) bond motifs is 1. The number of halogens is 1. The van der Waals surface area contributed by atoms with Crippen molar-refractivity contribution in [3.63, 3.8) is 0 Å². The average Bonchev–Trinajstić information content (AvgIpc) is 3.33. The monoisotopic (exact) mass is 546 g/mol. The van der Waals surface area contributed by atoms with E-state index in [1.54, 1.807) is 4.68 Å². The second-order valence-corrected chi connectivity index (χ2v) is 10.3. The number of hydrogen-bond donors (Lipinski definition) is 1. The second kappa shape index (κ2) is 11.8. The van der Waals surface area contributed by atoms with Gasteiger partial charge in [0.2, 0.25) is 11.1 Å². The zero-order valence-corrected chi connectivity index (χ0v) is 22.6. The molecule has 1 aliphatic rings. The third kappa shape index (κ3) is 5.71. The minimum atomic E-state index is -0.544. The predicted molar refractivity (Wildman–Crippen MR) is 149 cm³/mol. The summed E-state index contributed by atoms with van der Waals surface area (Å²) in [5, 5.41) is 9.26. The highest BCUT2D eigenvalue weighted by molar-refractivity contribution is 7.99. The number of anilines is 1. The van der Waals surface area contributed by atoms with Gasteiger partial charge in [-0.1, -0.05) is 91.0 Å². The predicted octanol–water partition coefficient (Wildman–Crippen LogP) is 6.65. The molecule has 194 valence electrons. The number of hydrogen-bond acceptors (Lipinski definition) is 7. The molecule has 1 aliphatic heterocycles. The molecule has 1 N–H and O–H groups in total. The lowest BCUT2D eigenvalue weighted by Crippen LogP contribution is -2.29. The summed E-state index contributed by atoms with van der Waals surface area (Å²) >= 11 is 7.85. The number of esters is 1. The van der Waals surface area contributed by atoms with E-state index in [-0.39, 0.29) is 6.61 Å². The van der Waals surface area contributed by atoms with Gasteiger partial charge in [0.1, 0.15) is 25.0 Å². The summed E-state index contributed by atoms with van der Waals surface area (Å²) in [6, 6.07) is 24.3. The van der Waals surface area contributed by atoms with Gasteiger partial charge in [0.15, 0.2) is 0 Å². The molecule has 0 fully saturated rings. The third-order valence-electron chi connectivity index (χ3n) is 6.07. The van der Waals surface area contributed by atoms with E-state index in [0.29, 0.717) is 39.8 Å². The first-order valence-electron chi connectivity index (χ1n) is 12.3. The SMILES string of the molecule is CCSc1nc2n(n1)C(c1cccc(OCc3ccccc3Cl)c1)C(C(=O)OCc1ccccc1)=C(C)N2. The summed E-state index contributed by atoms with van der Waals surface area (Å²) in [5.74, 6) is 1.64. The number of thioether (sulfide) groups is 1. The smallest absolute Gasteiger partial charge is 0.338 e. The summed E-state index contributed by atoms with van der Waals surface area (Å²) in [6.45, 7) is 4.40. The maximum Gasteiger partial charge on any atom is 0.338 e. The van der Waals surface area contributed by atoms with Crippen LogP contribution in [0.25, 0.3) is 0 Å². The second-order valence-electron chi connectivity index (χ2n) is 8.68. The molecule has 4 aromatic rings. The molecule has 9 heteroatoms. The lowest BCUT2D eigenvalue weighted by molar-refractivity contribution is -0.140. The van der Waals surface area contributed by atoms with Gasteiger partial charge in [0.05, 0.1) is 5.57 Å². The molecule has 1 aromatic heterocycles. The highest BCUT2D eigenvalue weighted by atomic mass is 35.5. The van der Waals surface area contributed by atoms with Crippen LogP contribution in [0.4, 0.5) is 5.95 Å². The largest absolute Gasteiger partial charge is 0.489 e. The number of carbonyl (C=O) groups excluding carboxylic acids is 1. The van der Waals surface area contributed by atoms with Gasteiger partial charge in [-0.25, -0.2) is 9.48 Å².